The number of rotatable bonds is 3. The van der Waals surface area contributed by atoms with E-state index >= 15 is 0 Å². The summed E-state index contributed by atoms with van der Waals surface area (Å²) in [6, 6.07) is 0.276. The van der Waals surface area contributed by atoms with Crippen LogP contribution in [0.1, 0.15) is 78.6 Å². The third-order valence-electron chi connectivity index (χ3n) is 14.0. The Morgan fingerprint density at radius 3 is 2.45 bits per heavy atom. The van der Waals surface area contributed by atoms with Gasteiger partial charge in [0.25, 0.3) is 0 Å². The lowest BCUT2D eigenvalue weighted by Gasteiger charge is -2.59. The van der Waals surface area contributed by atoms with Gasteiger partial charge in [-0.2, -0.15) is 0 Å². The van der Waals surface area contributed by atoms with Crippen LogP contribution in [0.2, 0.25) is 0 Å². The van der Waals surface area contributed by atoms with Gasteiger partial charge in [0.2, 0.25) is 0 Å². The molecule has 0 aromatic heterocycles. The van der Waals surface area contributed by atoms with Gasteiger partial charge in [-0.25, -0.2) is 0 Å². The highest BCUT2D eigenvalue weighted by Crippen LogP contribution is 2.66. The third-order valence-corrected chi connectivity index (χ3v) is 14.0. The SMILES string of the molecule is C[C@H]1CC[C@@H]2N(C1)C[C@H]1[C@@H]3C[C@H]4[C@@H](CC(=O)[C@H]5C[C@@H](O[C@@H]6O[C@H](CO)[C@@H](O)[C@H](O)[C@H]6O)CC[C@@]54C)[C@@H]3CC[C@H]1[C@@]2(C)O. The number of aliphatic hydroxyl groups is 5. The number of hydrogen-bond donors (Lipinski definition) is 5. The molecular weight excluding hydrogens is 538 g/mol. The van der Waals surface area contributed by atoms with Gasteiger partial charge in [0, 0.05) is 31.5 Å². The molecule has 0 unspecified atom stereocenters. The third kappa shape index (κ3) is 4.50. The summed E-state index contributed by atoms with van der Waals surface area (Å²) >= 11 is 0. The number of fused-ring (bicyclic) bond motifs is 8. The van der Waals surface area contributed by atoms with Crippen LogP contribution in [0, 0.1) is 52.8 Å². The van der Waals surface area contributed by atoms with Gasteiger partial charge in [0.15, 0.2) is 6.29 Å². The minimum Gasteiger partial charge on any atom is -0.394 e. The standard InChI is InChI=1S/C33H53NO8/c1-16-4-7-27-33(3,40)22-6-5-18-19(21(22)14-34(27)13-16)11-23-20(18)12-25(36)24-10-17(8-9-32(23,24)2)41-31-30(39)29(38)28(37)26(15-35)42-31/h16-24,26-31,35,37-40H,4-15H2,1-3H3/t16-,17-,18+,19+,20-,21-,22+,23-,24+,26+,27-,28+,29-,30+,31+,32+,33+/m0/s1. The van der Waals surface area contributed by atoms with Crippen molar-refractivity contribution in [2.24, 2.45) is 52.8 Å². The summed E-state index contributed by atoms with van der Waals surface area (Å²) in [7, 11) is 0. The van der Waals surface area contributed by atoms with Crippen molar-refractivity contribution in [2.45, 2.75) is 127 Å². The average molecular weight is 592 g/mol. The second-order valence-corrected chi connectivity index (χ2v) is 16.0. The summed E-state index contributed by atoms with van der Waals surface area (Å²) in [4.78, 5) is 16.5. The van der Waals surface area contributed by atoms with E-state index in [9.17, 15) is 30.3 Å². The van der Waals surface area contributed by atoms with E-state index in [1.54, 1.807) is 0 Å². The monoisotopic (exact) mass is 591 g/mol. The van der Waals surface area contributed by atoms with E-state index in [0.29, 0.717) is 60.1 Å². The predicted molar refractivity (Wildman–Crippen MR) is 153 cm³/mol. The first-order chi connectivity index (χ1) is 19.9. The van der Waals surface area contributed by atoms with Crippen LogP contribution in [-0.4, -0.2) is 104 Å². The Balaban J connectivity index is 1.07. The van der Waals surface area contributed by atoms with Gasteiger partial charge in [0.1, 0.15) is 30.2 Å². The zero-order chi connectivity index (χ0) is 29.7. The van der Waals surface area contributed by atoms with E-state index in [1.807, 2.05) is 0 Å². The van der Waals surface area contributed by atoms with Crippen molar-refractivity contribution >= 4 is 5.78 Å². The highest BCUT2D eigenvalue weighted by atomic mass is 16.7. The van der Waals surface area contributed by atoms with E-state index in [0.717, 1.165) is 51.6 Å². The molecule has 9 heteroatoms. The minimum absolute atomic E-state index is 0.0958. The number of carbonyl (C=O) groups excluding carboxylic acids is 1. The van der Waals surface area contributed by atoms with E-state index in [-0.39, 0.29) is 23.5 Å². The molecule has 7 rings (SSSR count). The molecule has 5 N–H and O–H groups in total. The number of ketones is 1. The maximum absolute atomic E-state index is 13.9. The normalized spacial score (nSPS) is 57.9. The van der Waals surface area contributed by atoms with Crippen molar-refractivity contribution in [3.63, 3.8) is 0 Å². The quantitative estimate of drug-likeness (QED) is 0.310. The second-order valence-electron chi connectivity index (χ2n) is 16.0. The van der Waals surface area contributed by atoms with Crippen LogP contribution in [0.4, 0.5) is 0 Å². The maximum Gasteiger partial charge on any atom is 0.186 e. The van der Waals surface area contributed by atoms with E-state index in [4.69, 9.17) is 9.47 Å². The van der Waals surface area contributed by atoms with Crippen LogP contribution in [0.5, 0.6) is 0 Å². The predicted octanol–water partition coefficient (Wildman–Crippen LogP) is 1.71. The van der Waals surface area contributed by atoms with Gasteiger partial charge in [-0.05, 0) is 105 Å². The molecule has 7 aliphatic rings. The molecule has 0 radical (unpaired) electrons. The molecule has 0 spiro atoms. The van der Waals surface area contributed by atoms with Crippen molar-refractivity contribution < 1.29 is 39.8 Å². The number of Topliss-reactive ketones (excluding diaryl/α,β-unsaturated/α-hetero) is 1. The summed E-state index contributed by atoms with van der Waals surface area (Å²) in [5, 5.41) is 52.4. The summed E-state index contributed by atoms with van der Waals surface area (Å²) in [5.41, 5.74) is -0.745. The Hall–Kier alpha value is -0.650. The molecule has 3 saturated heterocycles. The first-order valence-electron chi connectivity index (χ1n) is 16.9. The summed E-state index contributed by atoms with van der Waals surface area (Å²) in [6.07, 6.45) is 1.67. The summed E-state index contributed by atoms with van der Waals surface area (Å²) < 4.78 is 11.8. The van der Waals surface area contributed by atoms with Crippen LogP contribution in [0.15, 0.2) is 0 Å². The lowest BCUT2D eigenvalue weighted by atomic mass is 9.51. The average Bonchev–Trinajstić information content (AvgIpc) is 3.33. The van der Waals surface area contributed by atoms with Crippen LogP contribution in [-0.2, 0) is 14.3 Å². The molecule has 3 heterocycles. The molecule has 0 amide bonds. The van der Waals surface area contributed by atoms with Crippen LogP contribution in [0.3, 0.4) is 0 Å². The van der Waals surface area contributed by atoms with Crippen molar-refractivity contribution in [2.75, 3.05) is 19.7 Å². The molecule has 0 aromatic carbocycles. The first-order valence-corrected chi connectivity index (χ1v) is 16.9. The molecule has 4 aliphatic carbocycles. The Morgan fingerprint density at radius 1 is 0.905 bits per heavy atom. The molecule has 9 nitrogen and oxygen atoms in total. The molecule has 0 bridgehead atoms. The topological polar surface area (TPSA) is 140 Å². The number of nitrogens with zero attached hydrogens (tertiary/aromatic N) is 1. The Bertz CT molecular complexity index is 1040. The summed E-state index contributed by atoms with van der Waals surface area (Å²) in [6.45, 7) is 8.49. The van der Waals surface area contributed by atoms with Gasteiger partial charge >= 0.3 is 0 Å². The van der Waals surface area contributed by atoms with Gasteiger partial charge < -0.3 is 35.0 Å². The first kappa shape index (κ1) is 30.0. The van der Waals surface area contributed by atoms with Crippen LogP contribution in [0.25, 0.3) is 0 Å². The van der Waals surface area contributed by atoms with Crippen molar-refractivity contribution in [1.29, 1.82) is 0 Å². The molecular formula is C33H53NO8. The Kier molecular flexibility index (Phi) is 7.66. The molecule has 4 saturated carbocycles. The zero-order valence-electron chi connectivity index (χ0n) is 25.6. The Morgan fingerprint density at radius 2 is 1.69 bits per heavy atom. The molecule has 0 aromatic rings. The van der Waals surface area contributed by atoms with Crippen molar-refractivity contribution in [3.05, 3.63) is 0 Å². The van der Waals surface area contributed by atoms with E-state index in [1.165, 1.54) is 6.42 Å². The lowest BCUT2D eigenvalue weighted by molar-refractivity contribution is -0.315. The highest BCUT2D eigenvalue weighted by Gasteiger charge is 2.64. The number of piperidine rings is 2. The van der Waals surface area contributed by atoms with Crippen LogP contribution < -0.4 is 0 Å². The largest absolute Gasteiger partial charge is 0.394 e. The Labute approximate surface area is 249 Å². The minimum atomic E-state index is -1.47. The fraction of sp³-hybridized carbons (Fsp3) is 0.970. The summed E-state index contributed by atoms with van der Waals surface area (Å²) in [5.74, 6) is 3.79. The number of carbonyl (C=O) groups is 1. The fourth-order valence-electron chi connectivity index (χ4n) is 11.8. The van der Waals surface area contributed by atoms with Gasteiger partial charge in [-0.15, -0.1) is 0 Å². The van der Waals surface area contributed by atoms with Crippen molar-refractivity contribution in [1.82, 2.24) is 4.90 Å². The van der Waals surface area contributed by atoms with Gasteiger partial charge in [-0.1, -0.05) is 13.8 Å². The smallest absolute Gasteiger partial charge is 0.186 e. The van der Waals surface area contributed by atoms with Crippen molar-refractivity contribution in [3.8, 4) is 0 Å². The molecule has 3 aliphatic heterocycles. The number of aliphatic hydroxyl groups excluding tert-OH is 4. The number of ether oxygens (including phenoxy) is 2. The highest BCUT2D eigenvalue weighted by molar-refractivity contribution is 5.83. The molecule has 42 heavy (non-hydrogen) atoms. The molecule has 238 valence electrons. The van der Waals surface area contributed by atoms with E-state index in [2.05, 4.69) is 25.7 Å². The zero-order valence-corrected chi connectivity index (χ0v) is 25.6. The molecule has 17 atom stereocenters. The van der Waals surface area contributed by atoms with Gasteiger partial charge in [-0.3, -0.25) is 9.69 Å². The van der Waals surface area contributed by atoms with Crippen LogP contribution >= 0.6 is 0 Å². The van der Waals surface area contributed by atoms with Gasteiger partial charge in [0.05, 0.1) is 18.3 Å². The maximum atomic E-state index is 13.9. The second kappa shape index (κ2) is 10.7. The fourth-order valence-corrected chi connectivity index (χ4v) is 11.8. The lowest BCUT2D eigenvalue weighted by Crippen LogP contribution is -2.67. The molecule has 7 fully saturated rings. The number of hydrogen-bond acceptors (Lipinski definition) is 9. The van der Waals surface area contributed by atoms with E-state index < -0.39 is 42.9 Å².